The van der Waals surface area contributed by atoms with E-state index in [1.807, 2.05) is 18.2 Å². The summed E-state index contributed by atoms with van der Waals surface area (Å²) in [5, 5.41) is 1.26. The van der Waals surface area contributed by atoms with Gasteiger partial charge in [0.25, 0.3) is 0 Å². The third-order valence-electron chi connectivity index (χ3n) is 1.51. The summed E-state index contributed by atoms with van der Waals surface area (Å²) in [6.07, 6.45) is 0. The number of alkyl halides is 1. The highest BCUT2D eigenvalue weighted by Gasteiger charge is 2.03. The van der Waals surface area contributed by atoms with Gasteiger partial charge >= 0.3 is 0 Å². The Morgan fingerprint density at radius 1 is 1.46 bits per heavy atom. The number of fused-ring (bicyclic) bond motifs is 1. The van der Waals surface area contributed by atoms with Crippen molar-refractivity contribution in [1.29, 1.82) is 0 Å². The number of hydrogen-bond acceptors (Lipinski definition) is 3. The van der Waals surface area contributed by atoms with E-state index in [1.54, 1.807) is 11.3 Å². The van der Waals surface area contributed by atoms with Crippen LogP contribution in [-0.2, 0) is 0 Å². The number of thioether (sulfide) groups is 1. The maximum atomic E-state index is 5.84. The molecule has 0 N–H and O–H groups in total. The molecule has 5 heteroatoms. The average molecular weight is 250 g/mol. The van der Waals surface area contributed by atoms with Gasteiger partial charge in [-0.1, -0.05) is 23.4 Å². The Bertz CT molecular complexity index is 427. The summed E-state index contributed by atoms with van der Waals surface area (Å²) >= 11 is 14.6. The molecule has 0 radical (unpaired) electrons. The lowest BCUT2D eigenvalue weighted by Gasteiger charge is -1.86. The van der Waals surface area contributed by atoms with Gasteiger partial charge in [0.15, 0.2) is 4.34 Å². The molecule has 0 fully saturated rings. The number of benzene rings is 1. The van der Waals surface area contributed by atoms with Gasteiger partial charge in [-0.2, -0.15) is 0 Å². The molecule has 0 unspecified atom stereocenters. The van der Waals surface area contributed by atoms with Gasteiger partial charge in [-0.3, -0.25) is 0 Å². The van der Waals surface area contributed by atoms with Crippen molar-refractivity contribution in [2.45, 2.75) is 4.34 Å². The number of halogens is 2. The molecule has 13 heavy (non-hydrogen) atoms. The second-order valence-corrected chi connectivity index (χ2v) is 5.62. The minimum atomic E-state index is 0.535. The Kier molecular flexibility index (Phi) is 2.99. The molecule has 0 aliphatic rings. The van der Waals surface area contributed by atoms with Crippen LogP contribution in [-0.4, -0.2) is 10.2 Å². The molecule has 0 aliphatic carbocycles. The van der Waals surface area contributed by atoms with E-state index in [-0.39, 0.29) is 0 Å². The lowest BCUT2D eigenvalue weighted by Crippen LogP contribution is -1.68. The van der Waals surface area contributed by atoms with Crippen LogP contribution in [0.5, 0.6) is 0 Å². The maximum Gasteiger partial charge on any atom is 0.152 e. The number of hydrogen-bond donors (Lipinski definition) is 0. The summed E-state index contributed by atoms with van der Waals surface area (Å²) < 4.78 is 2.14. The molecule has 1 heterocycles. The largest absolute Gasteiger partial charge is 0.230 e. The van der Waals surface area contributed by atoms with Gasteiger partial charge in [0, 0.05) is 5.02 Å². The van der Waals surface area contributed by atoms with Gasteiger partial charge in [-0.05, 0) is 18.2 Å². The molecule has 1 aromatic carbocycles. The minimum Gasteiger partial charge on any atom is -0.230 e. The lowest BCUT2D eigenvalue weighted by molar-refractivity contribution is 1.31. The number of rotatable bonds is 2. The first-order valence-electron chi connectivity index (χ1n) is 3.54. The third kappa shape index (κ3) is 2.10. The fourth-order valence-electron chi connectivity index (χ4n) is 0.988. The Morgan fingerprint density at radius 2 is 2.31 bits per heavy atom. The van der Waals surface area contributed by atoms with Crippen molar-refractivity contribution >= 4 is 56.5 Å². The van der Waals surface area contributed by atoms with Crippen molar-refractivity contribution in [3.05, 3.63) is 23.2 Å². The van der Waals surface area contributed by atoms with Crippen LogP contribution in [0.2, 0.25) is 5.02 Å². The van der Waals surface area contributed by atoms with Crippen molar-refractivity contribution < 1.29 is 0 Å². The second kappa shape index (κ2) is 4.05. The Labute approximate surface area is 94.1 Å². The van der Waals surface area contributed by atoms with Crippen LogP contribution in [0.1, 0.15) is 0 Å². The molecule has 0 amide bonds. The Hall–Kier alpha value is 0.0400. The lowest BCUT2D eigenvalue weighted by atomic mass is 10.3. The van der Waals surface area contributed by atoms with Gasteiger partial charge in [0.1, 0.15) is 0 Å². The van der Waals surface area contributed by atoms with E-state index in [9.17, 15) is 0 Å². The highest BCUT2D eigenvalue weighted by molar-refractivity contribution is 8.02. The molecule has 1 nitrogen and oxygen atoms in total. The van der Waals surface area contributed by atoms with Crippen LogP contribution in [0.4, 0.5) is 0 Å². The monoisotopic (exact) mass is 249 g/mol. The Balaban J connectivity index is 2.49. The fraction of sp³-hybridized carbons (Fsp3) is 0.125. The average Bonchev–Trinajstić information content (AvgIpc) is 2.46. The van der Waals surface area contributed by atoms with Crippen molar-refractivity contribution in [2.24, 2.45) is 0 Å². The van der Waals surface area contributed by atoms with Crippen molar-refractivity contribution in [3.63, 3.8) is 0 Å². The van der Waals surface area contributed by atoms with Crippen LogP contribution < -0.4 is 0 Å². The maximum absolute atomic E-state index is 5.84. The van der Waals surface area contributed by atoms with Crippen LogP contribution >= 0.6 is 46.3 Å². The predicted molar refractivity (Wildman–Crippen MR) is 61.2 cm³/mol. The second-order valence-electron chi connectivity index (χ2n) is 2.35. The first-order valence-corrected chi connectivity index (χ1v) is 6.26. The zero-order chi connectivity index (χ0) is 9.26. The molecule has 2 aromatic rings. The highest BCUT2D eigenvalue weighted by atomic mass is 35.5. The quantitative estimate of drug-likeness (QED) is 0.584. The van der Waals surface area contributed by atoms with Gasteiger partial charge < -0.3 is 0 Å². The van der Waals surface area contributed by atoms with Gasteiger partial charge in [-0.25, -0.2) is 4.98 Å². The summed E-state index contributed by atoms with van der Waals surface area (Å²) in [6.45, 7) is 0. The van der Waals surface area contributed by atoms with Crippen LogP contribution in [0.15, 0.2) is 22.5 Å². The van der Waals surface area contributed by atoms with Crippen LogP contribution in [0, 0.1) is 0 Å². The summed E-state index contributed by atoms with van der Waals surface area (Å²) in [4.78, 5) is 4.38. The molecule has 0 saturated carbocycles. The fourth-order valence-corrected chi connectivity index (χ4v) is 3.27. The highest BCUT2D eigenvalue weighted by Crippen LogP contribution is 2.31. The summed E-state index contributed by atoms with van der Waals surface area (Å²) in [5.41, 5.74) is 0.949. The van der Waals surface area contributed by atoms with Crippen LogP contribution in [0.3, 0.4) is 0 Å². The van der Waals surface area contributed by atoms with E-state index in [1.165, 1.54) is 11.8 Å². The molecular formula is C8H5Cl2NS2. The standard InChI is InChI=1S/C8H5Cl2NS2/c9-4-12-8-11-6-3-5(10)1-2-7(6)13-8/h1-3H,4H2. The summed E-state index contributed by atoms with van der Waals surface area (Å²) in [6, 6.07) is 5.72. The molecule has 0 spiro atoms. The molecule has 2 rings (SSSR count). The molecular weight excluding hydrogens is 245 g/mol. The molecule has 68 valence electrons. The van der Waals surface area contributed by atoms with E-state index in [0.29, 0.717) is 5.21 Å². The van der Waals surface area contributed by atoms with E-state index < -0.39 is 0 Å². The van der Waals surface area contributed by atoms with E-state index >= 15 is 0 Å². The normalized spacial score (nSPS) is 10.9. The topological polar surface area (TPSA) is 12.9 Å². The molecule has 0 saturated heterocycles. The zero-order valence-electron chi connectivity index (χ0n) is 6.46. The van der Waals surface area contributed by atoms with E-state index in [0.717, 1.165) is 19.6 Å². The summed E-state index contributed by atoms with van der Waals surface area (Å²) in [5.74, 6) is 0. The van der Waals surface area contributed by atoms with Gasteiger partial charge in [0.2, 0.25) is 0 Å². The Morgan fingerprint density at radius 3 is 3.08 bits per heavy atom. The molecule has 0 bridgehead atoms. The molecule has 0 aliphatic heterocycles. The number of nitrogens with zero attached hydrogens (tertiary/aromatic N) is 1. The van der Waals surface area contributed by atoms with Gasteiger partial charge in [-0.15, -0.1) is 22.9 Å². The molecule has 1 aromatic heterocycles. The first-order chi connectivity index (χ1) is 6.29. The van der Waals surface area contributed by atoms with Crippen molar-refractivity contribution in [2.75, 3.05) is 5.21 Å². The number of thiazole rings is 1. The van der Waals surface area contributed by atoms with E-state index in [2.05, 4.69) is 4.98 Å². The number of aromatic nitrogens is 1. The zero-order valence-corrected chi connectivity index (χ0v) is 9.60. The SMILES string of the molecule is ClCSc1nc2cc(Cl)ccc2s1. The third-order valence-corrected chi connectivity index (χ3v) is 3.95. The summed E-state index contributed by atoms with van der Waals surface area (Å²) in [7, 11) is 0. The van der Waals surface area contributed by atoms with E-state index in [4.69, 9.17) is 23.2 Å². The smallest absolute Gasteiger partial charge is 0.152 e. The predicted octanol–water partition coefficient (Wildman–Crippen LogP) is 4.24. The minimum absolute atomic E-state index is 0.535. The van der Waals surface area contributed by atoms with Crippen LogP contribution in [0.25, 0.3) is 10.2 Å². The molecule has 0 atom stereocenters. The van der Waals surface area contributed by atoms with Crippen molar-refractivity contribution in [1.82, 2.24) is 4.98 Å². The first kappa shape index (κ1) is 9.59. The van der Waals surface area contributed by atoms with Crippen molar-refractivity contribution in [3.8, 4) is 0 Å². The van der Waals surface area contributed by atoms with Gasteiger partial charge in [0.05, 0.1) is 15.4 Å².